The van der Waals surface area contributed by atoms with Crippen LogP contribution in [0.25, 0.3) is 0 Å². The first kappa shape index (κ1) is 21.2. The fourth-order valence-corrected chi connectivity index (χ4v) is 3.08. The molecule has 0 saturated heterocycles. The van der Waals surface area contributed by atoms with E-state index in [0.717, 1.165) is 27.9 Å². The molecule has 2 aromatic carbocycles. The summed E-state index contributed by atoms with van der Waals surface area (Å²) >= 11 is 0. The van der Waals surface area contributed by atoms with Crippen LogP contribution in [-0.2, 0) is 20.8 Å². The number of carbonyl (C=O) groups is 3. The normalized spacial score (nSPS) is 10.3. The van der Waals surface area contributed by atoms with Crippen LogP contribution in [0.4, 0.5) is 11.4 Å². The van der Waals surface area contributed by atoms with Gasteiger partial charge in [0.25, 0.3) is 0 Å². The highest BCUT2D eigenvalue weighted by Crippen LogP contribution is 2.21. The van der Waals surface area contributed by atoms with E-state index in [0.29, 0.717) is 5.69 Å². The highest BCUT2D eigenvalue weighted by molar-refractivity contribution is 5.96. The number of anilines is 2. The van der Waals surface area contributed by atoms with E-state index < -0.39 is 0 Å². The van der Waals surface area contributed by atoms with Gasteiger partial charge < -0.3 is 15.5 Å². The molecule has 0 fully saturated rings. The van der Waals surface area contributed by atoms with Gasteiger partial charge in [-0.1, -0.05) is 29.8 Å². The lowest BCUT2D eigenvalue weighted by molar-refractivity contribution is -0.132. The molecule has 0 heterocycles. The predicted molar refractivity (Wildman–Crippen MR) is 111 cm³/mol. The fourth-order valence-electron chi connectivity index (χ4n) is 3.08. The summed E-state index contributed by atoms with van der Waals surface area (Å²) in [5.74, 6) is -0.527. The van der Waals surface area contributed by atoms with Crippen LogP contribution < -0.4 is 10.6 Å². The van der Waals surface area contributed by atoms with Gasteiger partial charge >= 0.3 is 0 Å². The summed E-state index contributed by atoms with van der Waals surface area (Å²) in [6.45, 7) is 7.34. The van der Waals surface area contributed by atoms with E-state index in [1.807, 2.05) is 32.9 Å². The average Bonchev–Trinajstić information content (AvgIpc) is 2.59. The number of nitrogens with zero attached hydrogens (tertiary/aromatic N) is 1. The monoisotopic (exact) mass is 381 g/mol. The van der Waals surface area contributed by atoms with Crippen molar-refractivity contribution in [1.29, 1.82) is 0 Å². The minimum absolute atomic E-state index is 0.0183. The van der Waals surface area contributed by atoms with Crippen molar-refractivity contribution in [2.45, 2.75) is 34.1 Å². The van der Waals surface area contributed by atoms with Gasteiger partial charge in [0.2, 0.25) is 17.7 Å². The minimum Gasteiger partial charge on any atom is -0.336 e. The maximum Gasteiger partial charge on any atom is 0.243 e. The number of carbonyl (C=O) groups excluding carboxylic acids is 3. The molecule has 6 nitrogen and oxygen atoms in total. The first-order valence-corrected chi connectivity index (χ1v) is 9.14. The molecular weight excluding hydrogens is 354 g/mol. The Bertz CT molecular complexity index is 865. The Morgan fingerprint density at radius 1 is 0.929 bits per heavy atom. The highest BCUT2D eigenvalue weighted by atomic mass is 16.2. The molecule has 0 aromatic heterocycles. The number of likely N-dealkylation sites (N-methyl/N-ethyl adjacent to an activating group) is 1. The number of rotatable bonds is 6. The zero-order valence-corrected chi connectivity index (χ0v) is 17.1. The quantitative estimate of drug-likeness (QED) is 0.806. The van der Waals surface area contributed by atoms with Crippen LogP contribution in [0.5, 0.6) is 0 Å². The van der Waals surface area contributed by atoms with E-state index in [9.17, 15) is 14.4 Å². The largest absolute Gasteiger partial charge is 0.336 e. The van der Waals surface area contributed by atoms with Crippen LogP contribution in [0.15, 0.2) is 36.4 Å². The zero-order chi connectivity index (χ0) is 20.8. The first-order chi connectivity index (χ1) is 13.2. The molecule has 2 rings (SSSR count). The molecule has 0 aliphatic heterocycles. The number of benzene rings is 2. The standard InChI is InChI=1S/C22H27N3O3/c1-14-10-15(2)22(16(3)11-14)24-20(27)13-25(5)21(28)12-18-6-8-19(9-7-18)23-17(4)26/h6-11H,12-13H2,1-5H3,(H,23,26)(H,24,27). The molecule has 3 amide bonds. The SMILES string of the molecule is CC(=O)Nc1ccc(CC(=O)N(C)CC(=O)Nc2c(C)cc(C)cc2C)cc1. The van der Waals surface area contributed by atoms with E-state index in [-0.39, 0.29) is 30.7 Å². The van der Waals surface area contributed by atoms with E-state index >= 15 is 0 Å². The summed E-state index contributed by atoms with van der Waals surface area (Å²) in [6.07, 6.45) is 0.187. The highest BCUT2D eigenvalue weighted by Gasteiger charge is 2.15. The Labute approximate surface area is 165 Å². The molecule has 148 valence electrons. The third-order valence-corrected chi connectivity index (χ3v) is 4.38. The van der Waals surface area contributed by atoms with Crippen molar-refractivity contribution in [3.05, 3.63) is 58.7 Å². The average molecular weight is 381 g/mol. The molecular formula is C22H27N3O3. The van der Waals surface area contributed by atoms with Crippen LogP contribution in [0.2, 0.25) is 0 Å². The van der Waals surface area contributed by atoms with Crippen molar-refractivity contribution in [3.63, 3.8) is 0 Å². The van der Waals surface area contributed by atoms with Crippen molar-refractivity contribution in [2.75, 3.05) is 24.2 Å². The molecule has 0 aliphatic carbocycles. The lowest BCUT2D eigenvalue weighted by Gasteiger charge is -2.18. The van der Waals surface area contributed by atoms with Gasteiger partial charge in [-0.2, -0.15) is 0 Å². The summed E-state index contributed by atoms with van der Waals surface area (Å²) < 4.78 is 0. The number of hydrogen-bond donors (Lipinski definition) is 2. The fraction of sp³-hybridized carbons (Fsp3) is 0.318. The molecule has 0 atom stereocenters. The van der Waals surface area contributed by atoms with Crippen LogP contribution in [0.3, 0.4) is 0 Å². The predicted octanol–water partition coefficient (Wildman–Crippen LogP) is 3.21. The maximum atomic E-state index is 12.4. The minimum atomic E-state index is -0.230. The topological polar surface area (TPSA) is 78.5 Å². The summed E-state index contributed by atoms with van der Waals surface area (Å²) in [7, 11) is 1.61. The van der Waals surface area contributed by atoms with Gasteiger partial charge in [0.15, 0.2) is 0 Å². The van der Waals surface area contributed by atoms with Crippen LogP contribution >= 0.6 is 0 Å². The van der Waals surface area contributed by atoms with Gasteiger partial charge in [-0.25, -0.2) is 0 Å². The Morgan fingerprint density at radius 3 is 2.04 bits per heavy atom. The lowest BCUT2D eigenvalue weighted by Crippen LogP contribution is -2.36. The Hall–Kier alpha value is -3.15. The smallest absolute Gasteiger partial charge is 0.243 e. The van der Waals surface area contributed by atoms with E-state index in [1.165, 1.54) is 11.8 Å². The third kappa shape index (κ3) is 5.94. The van der Waals surface area contributed by atoms with Crippen molar-refractivity contribution in [3.8, 4) is 0 Å². The van der Waals surface area contributed by atoms with E-state index in [2.05, 4.69) is 10.6 Å². The molecule has 28 heavy (non-hydrogen) atoms. The van der Waals surface area contributed by atoms with Crippen LogP contribution in [-0.4, -0.2) is 36.2 Å². The Kier molecular flexibility index (Phi) is 6.93. The number of hydrogen-bond acceptors (Lipinski definition) is 3. The van der Waals surface area contributed by atoms with Crippen molar-refractivity contribution in [2.24, 2.45) is 0 Å². The van der Waals surface area contributed by atoms with Crippen molar-refractivity contribution in [1.82, 2.24) is 4.90 Å². The first-order valence-electron chi connectivity index (χ1n) is 9.14. The second-order valence-corrected chi connectivity index (χ2v) is 7.13. The molecule has 0 unspecified atom stereocenters. The number of amides is 3. The molecule has 0 bridgehead atoms. The summed E-state index contributed by atoms with van der Waals surface area (Å²) in [4.78, 5) is 37.2. The van der Waals surface area contributed by atoms with Gasteiger partial charge in [0.05, 0.1) is 13.0 Å². The molecule has 6 heteroatoms. The summed E-state index contributed by atoms with van der Waals surface area (Å²) in [5.41, 5.74) is 5.44. The molecule has 0 saturated carbocycles. The van der Waals surface area contributed by atoms with Gasteiger partial charge in [-0.3, -0.25) is 14.4 Å². The molecule has 2 N–H and O–H groups in total. The van der Waals surface area contributed by atoms with Gasteiger partial charge in [0.1, 0.15) is 0 Å². The third-order valence-electron chi connectivity index (χ3n) is 4.38. The second-order valence-electron chi connectivity index (χ2n) is 7.13. The Balaban J connectivity index is 1.93. The Morgan fingerprint density at radius 2 is 1.50 bits per heavy atom. The van der Waals surface area contributed by atoms with Gasteiger partial charge in [0, 0.05) is 25.3 Å². The van der Waals surface area contributed by atoms with Crippen LogP contribution in [0, 0.1) is 20.8 Å². The summed E-state index contributed by atoms with van der Waals surface area (Å²) in [6, 6.07) is 11.1. The van der Waals surface area contributed by atoms with Gasteiger partial charge in [-0.15, -0.1) is 0 Å². The van der Waals surface area contributed by atoms with E-state index in [4.69, 9.17) is 0 Å². The molecule has 2 aromatic rings. The number of aryl methyl sites for hydroxylation is 3. The maximum absolute atomic E-state index is 12.4. The van der Waals surface area contributed by atoms with Crippen molar-refractivity contribution >= 4 is 29.1 Å². The lowest BCUT2D eigenvalue weighted by atomic mass is 10.1. The van der Waals surface area contributed by atoms with E-state index in [1.54, 1.807) is 31.3 Å². The van der Waals surface area contributed by atoms with Gasteiger partial charge in [-0.05, 0) is 49.6 Å². The zero-order valence-electron chi connectivity index (χ0n) is 17.1. The second kappa shape index (κ2) is 9.17. The molecule has 0 spiro atoms. The van der Waals surface area contributed by atoms with Crippen LogP contribution in [0.1, 0.15) is 29.2 Å². The van der Waals surface area contributed by atoms with Crippen molar-refractivity contribution < 1.29 is 14.4 Å². The molecule has 0 radical (unpaired) electrons. The number of nitrogens with one attached hydrogen (secondary N) is 2. The molecule has 0 aliphatic rings. The summed E-state index contributed by atoms with van der Waals surface area (Å²) in [5, 5.41) is 5.59.